The van der Waals surface area contributed by atoms with E-state index < -0.39 is 0 Å². The third-order valence-electron chi connectivity index (χ3n) is 3.33. The van der Waals surface area contributed by atoms with E-state index in [1.807, 2.05) is 50.2 Å². The summed E-state index contributed by atoms with van der Waals surface area (Å²) in [5, 5.41) is 5.48. The first-order chi connectivity index (χ1) is 10.9. The first-order valence-corrected chi connectivity index (χ1v) is 8.11. The quantitative estimate of drug-likeness (QED) is 0.783. The average Bonchev–Trinajstić information content (AvgIpc) is 2.49. The van der Waals surface area contributed by atoms with Crippen LogP contribution in [0.3, 0.4) is 0 Å². The molecule has 2 rings (SSSR count). The van der Waals surface area contributed by atoms with E-state index in [9.17, 15) is 9.59 Å². The molecule has 5 heteroatoms. The summed E-state index contributed by atoms with van der Waals surface area (Å²) in [6.07, 6.45) is -0.194. The van der Waals surface area contributed by atoms with Gasteiger partial charge in [0.1, 0.15) is 6.42 Å². The van der Waals surface area contributed by atoms with Crippen molar-refractivity contribution in [2.75, 3.05) is 5.32 Å². The van der Waals surface area contributed by atoms with Crippen LogP contribution >= 0.6 is 15.9 Å². The summed E-state index contributed by atoms with van der Waals surface area (Å²) in [5.74, 6) is -0.619. The summed E-state index contributed by atoms with van der Waals surface area (Å²) in [6.45, 7) is 4.36. The van der Waals surface area contributed by atoms with Crippen LogP contribution in [-0.2, 0) is 16.1 Å². The predicted octanol–water partition coefficient (Wildman–Crippen LogP) is 3.71. The Hall–Kier alpha value is -2.14. The van der Waals surface area contributed by atoms with Gasteiger partial charge in [0, 0.05) is 16.7 Å². The second kappa shape index (κ2) is 7.92. The second-order valence-electron chi connectivity index (χ2n) is 5.45. The summed E-state index contributed by atoms with van der Waals surface area (Å²) >= 11 is 3.41. The molecule has 0 atom stereocenters. The number of hydrogen-bond acceptors (Lipinski definition) is 2. The van der Waals surface area contributed by atoms with Crippen molar-refractivity contribution in [3.63, 3.8) is 0 Å². The van der Waals surface area contributed by atoms with E-state index in [4.69, 9.17) is 0 Å². The van der Waals surface area contributed by atoms with Gasteiger partial charge in [0.05, 0.1) is 0 Å². The van der Waals surface area contributed by atoms with Crippen molar-refractivity contribution in [2.24, 2.45) is 0 Å². The molecule has 0 aliphatic carbocycles. The summed E-state index contributed by atoms with van der Waals surface area (Å²) in [4.78, 5) is 23.7. The summed E-state index contributed by atoms with van der Waals surface area (Å²) in [7, 11) is 0. The summed E-state index contributed by atoms with van der Waals surface area (Å²) < 4.78 is 0.978. The number of nitrogens with one attached hydrogen (secondary N) is 2. The van der Waals surface area contributed by atoms with E-state index >= 15 is 0 Å². The maximum Gasteiger partial charge on any atom is 0.233 e. The van der Waals surface area contributed by atoms with Crippen LogP contribution in [0.1, 0.15) is 23.1 Å². The number of carbonyl (C=O) groups excluding carboxylic acids is 2. The Balaban J connectivity index is 1.82. The molecule has 0 aromatic heterocycles. The van der Waals surface area contributed by atoms with Crippen molar-refractivity contribution < 1.29 is 9.59 Å². The third-order valence-corrected chi connectivity index (χ3v) is 4.22. The molecule has 2 aromatic rings. The molecule has 0 unspecified atom stereocenters. The number of aryl methyl sites for hydroxylation is 2. The maximum absolute atomic E-state index is 11.9. The number of halogens is 1. The minimum absolute atomic E-state index is 0.194. The van der Waals surface area contributed by atoms with Crippen molar-refractivity contribution in [1.29, 1.82) is 0 Å². The number of amides is 2. The fraction of sp³-hybridized carbons (Fsp3) is 0.222. The zero-order valence-corrected chi connectivity index (χ0v) is 14.7. The number of rotatable bonds is 5. The molecule has 23 heavy (non-hydrogen) atoms. The molecule has 0 heterocycles. The van der Waals surface area contributed by atoms with E-state index in [2.05, 4.69) is 26.6 Å². The first kappa shape index (κ1) is 17.2. The van der Waals surface area contributed by atoms with Gasteiger partial charge < -0.3 is 10.6 Å². The lowest BCUT2D eigenvalue weighted by Gasteiger charge is -2.08. The molecule has 0 saturated carbocycles. The Morgan fingerprint density at radius 3 is 2.52 bits per heavy atom. The second-order valence-corrected chi connectivity index (χ2v) is 6.31. The molecule has 120 valence electrons. The lowest BCUT2D eigenvalue weighted by Crippen LogP contribution is -2.27. The van der Waals surface area contributed by atoms with Gasteiger partial charge in [0.2, 0.25) is 11.8 Å². The van der Waals surface area contributed by atoms with Crippen LogP contribution in [0, 0.1) is 13.8 Å². The van der Waals surface area contributed by atoms with Crippen LogP contribution in [0.4, 0.5) is 5.69 Å². The van der Waals surface area contributed by atoms with Crippen molar-refractivity contribution in [3.8, 4) is 0 Å². The minimum atomic E-state index is -0.325. The number of benzene rings is 2. The number of anilines is 1. The van der Waals surface area contributed by atoms with Gasteiger partial charge in [-0.2, -0.15) is 0 Å². The molecule has 2 amide bonds. The molecule has 0 spiro atoms. The summed E-state index contributed by atoms with van der Waals surface area (Å²) in [5.41, 5.74) is 3.86. The van der Waals surface area contributed by atoms with Crippen LogP contribution in [0.2, 0.25) is 0 Å². The highest BCUT2D eigenvalue weighted by molar-refractivity contribution is 9.10. The lowest BCUT2D eigenvalue weighted by molar-refractivity contribution is -0.126. The zero-order chi connectivity index (χ0) is 16.8. The van der Waals surface area contributed by atoms with Crippen LogP contribution in [0.25, 0.3) is 0 Å². The lowest BCUT2D eigenvalue weighted by atomic mass is 10.1. The Labute approximate surface area is 144 Å². The average molecular weight is 375 g/mol. The van der Waals surface area contributed by atoms with Crippen LogP contribution < -0.4 is 10.6 Å². The molecule has 0 aliphatic rings. The molecule has 0 bridgehead atoms. The van der Waals surface area contributed by atoms with Gasteiger partial charge >= 0.3 is 0 Å². The molecule has 0 fully saturated rings. The van der Waals surface area contributed by atoms with E-state index in [1.165, 1.54) is 0 Å². The molecule has 0 saturated heterocycles. The highest BCUT2D eigenvalue weighted by Gasteiger charge is 2.10. The first-order valence-electron chi connectivity index (χ1n) is 7.32. The topological polar surface area (TPSA) is 58.2 Å². The Bertz CT molecular complexity index is 729. The van der Waals surface area contributed by atoms with E-state index in [-0.39, 0.29) is 18.2 Å². The van der Waals surface area contributed by atoms with Gasteiger partial charge in [-0.05, 0) is 43.2 Å². The maximum atomic E-state index is 11.9. The standard InChI is InChI=1S/C18H19BrN2O2/c1-12-4-3-5-14(8-12)11-20-17(22)10-18(23)21-15-6-7-16(19)13(2)9-15/h3-9H,10-11H2,1-2H3,(H,20,22)(H,21,23). The van der Waals surface area contributed by atoms with Crippen molar-refractivity contribution in [1.82, 2.24) is 5.32 Å². The fourth-order valence-corrected chi connectivity index (χ4v) is 2.41. The van der Waals surface area contributed by atoms with E-state index in [0.29, 0.717) is 12.2 Å². The van der Waals surface area contributed by atoms with Crippen LogP contribution in [-0.4, -0.2) is 11.8 Å². The number of carbonyl (C=O) groups is 2. The Morgan fingerprint density at radius 1 is 1.04 bits per heavy atom. The van der Waals surface area contributed by atoms with E-state index in [0.717, 1.165) is 21.2 Å². The van der Waals surface area contributed by atoms with Crippen molar-refractivity contribution >= 4 is 33.4 Å². The van der Waals surface area contributed by atoms with Gasteiger partial charge in [-0.25, -0.2) is 0 Å². The normalized spacial score (nSPS) is 10.2. The van der Waals surface area contributed by atoms with Gasteiger partial charge in [0.15, 0.2) is 0 Å². The van der Waals surface area contributed by atoms with Gasteiger partial charge in [-0.1, -0.05) is 45.8 Å². The SMILES string of the molecule is Cc1cccc(CNC(=O)CC(=O)Nc2ccc(Br)c(C)c2)c1. The molecule has 0 aliphatic heterocycles. The van der Waals surface area contributed by atoms with E-state index in [1.54, 1.807) is 6.07 Å². The van der Waals surface area contributed by atoms with Gasteiger partial charge in [-0.3, -0.25) is 9.59 Å². The van der Waals surface area contributed by atoms with Gasteiger partial charge in [0.25, 0.3) is 0 Å². The van der Waals surface area contributed by atoms with Gasteiger partial charge in [-0.15, -0.1) is 0 Å². The van der Waals surface area contributed by atoms with Crippen molar-refractivity contribution in [3.05, 3.63) is 63.6 Å². The molecule has 0 radical (unpaired) electrons. The Kier molecular flexibility index (Phi) is 5.93. The number of hydrogen-bond donors (Lipinski definition) is 2. The van der Waals surface area contributed by atoms with Crippen LogP contribution in [0.5, 0.6) is 0 Å². The molecular weight excluding hydrogens is 356 g/mol. The minimum Gasteiger partial charge on any atom is -0.352 e. The largest absolute Gasteiger partial charge is 0.352 e. The fourth-order valence-electron chi connectivity index (χ4n) is 2.16. The Morgan fingerprint density at radius 2 is 1.83 bits per heavy atom. The smallest absolute Gasteiger partial charge is 0.233 e. The summed E-state index contributed by atoms with van der Waals surface area (Å²) in [6, 6.07) is 13.4. The highest BCUT2D eigenvalue weighted by Crippen LogP contribution is 2.20. The molecule has 4 nitrogen and oxygen atoms in total. The predicted molar refractivity (Wildman–Crippen MR) is 95.2 cm³/mol. The highest BCUT2D eigenvalue weighted by atomic mass is 79.9. The van der Waals surface area contributed by atoms with Crippen molar-refractivity contribution in [2.45, 2.75) is 26.8 Å². The molecule has 2 N–H and O–H groups in total. The molecule has 2 aromatic carbocycles. The third kappa shape index (κ3) is 5.53. The van der Waals surface area contributed by atoms with Crippen LogP contribution in [0.15, 0.2) is 46.9 Å². The molecular formula is C18H19BrN2O2. The zero-order valence-electron chi connectivity index (χ0n) is 13.2. The monoisotopic (exact) mass is 374 g/mol.